The van der Waals surface area contributed by atoms with Gasteiger partial charge in [0.05, 0.1) is 0 Å². The minimum Gasteiger partial charge on any atom is -0.381 e. The number of hydrogen-bond acceptors (Lipinski definition) is 1. The van der Waals surface area contributed by atoms with Crippen LogP contribution in [-0.2, 0) is 17.1 Å². The van der Waals surface area contributed by atoms with Crippen LogP contribution in [-0.4, -0.2) is 6.54 Å². The first-order valence-corrected chi connectivity index (χ1v) is 8.37. The summed E-state index contributed by atoms with van der Waals surface area (Å²) in [5, 5.41) is 3.41. The molecule has 0 aromatic heterocycles. The summed E-state index contributed by atoms with van der Waals surface area (Å²) in [5.41, 5.74) is 2.46. The van der Waals surface area contributed by atoms with Crippen molar-refractivity contribution in [3.8, 4) is 0 Å². The van der Waals surface area contributed by atoms with Crippen molar-refractivity contribution >= 4 is 28.3 Å². The summed E-state index contributed by atoms with van der Waals surface area (Å²) in [7, 11) is 0. The van der Waals surface area contributed by atoms with Crippen molar-refractivity contribution in [2.45, 2.75) is 6.92 Å². The maximum absolute atomic E-state index is 3.41. The Bertz CT molecular complexity index is 438. The molecule has 23 heavy (non-hydrogen) atoms. The van der Waals surface area contributed by atoms with Crippen LogP contribution >= 0.6 is 22.6 Å². The van der Waals surface area contributed by atoms with Crippen LogP contribution in [0.5, 0.6) is 0 Å². The van der Waals surface area contributed by atoms with E-state index in [0.717, 1.165) is 6.54 Å². The van der Waals surface area contributed by atoms with Crippen LogP contribution in [0.3, 0.4) is 0 Å². The first-order valence-electron chi connectivity index (χ1n) is 7.29. The van der Waals surface area contributed by atoms with Gasteiger partial charge in [-0.15, -0.1) is 0 Å². The Kier molecular flexibility index (Phi) is 11.3. The van der Waals surface area contributed by atoms with Gasteiger partial charge in [-0.25, -0.2) is 0 Å². The van der Waals surface area contributed by atoms with Gasteiger partial charge in [-0.1, -0.05) is 23.8 Å². The summed E-state index contributed by atoms with van der Waals surface area (Å²) in [5.74, 6) is 1.26. The first-order chi connectivity index (χ1) is 10.7. The Hall–Kier alpha value is 0.00948. The number of rotatable bonds is 4. The normalized spacial score (nSPS) is 18.1. The summed E-state index contributed by atoms with van der Waals surface area (Å²) in [6, 6.07) is 8.47. The molecule has 10 radical (unpaired) electrons. The molecule has 1 aromatic carbocycles. The van der Waals surface area contributed by atoms with Gasteiger partial charge in [-0.2, -0.15) is 0 Å². The predicted octanol–water partition coefficient (Wildman–Crippen LogP) is 5.15. The number of nitrogens with one attached hydrogen (secondary N) is 1. The fraction of sp³-hybridized carbons (Fsp3) is 0.100. The Morgan fingerprint density at radius 2 is 1.43 bits per heavy atom. The summed E-state index contributed by atoms with van der Waals surface area (Å²) in [4.78, 5) is 0. The molecule has 1 N–H and O–H groups in total. The van der Waals surface area contributed by atoms with Gasteiger partial charge in [0, 0.05) is 21.7 Å². The molecule has 3 heteroatoms. The van der Waals surface area contributed by atoms with Crippen LogP contribution in [0.25, 0.3) is 0 Å². The van der Waals surface area contributed by atoms with Crippen molar-refractivity contribution in [2.75, 3.05) is 11.9 Å². The van der Waals surface area contributed by atoms with Crippen molar-refractivity contribution in [3.05, 3.63) is 103 Å². The van der Waals surface area contributed by atoms with E-state index in [1.54, 1.807) is 0 Å². The number of benzene rings is 1. The summed E-state index contributed by atoms with van der Waals surface area (Å²) < 4.78 is 1.30. The third kappa shape index (κ3) is 9.16. The van der Waals surface area contributed by atoms with Crippen molar-refractivity contribution in [3.63, 3.8) is 0 Å². The molecule has 3 rings (SSSR count). The molecule has 0 saturated heterocycles. The van der Waals surface area contributed by atoms with Gasteiger partial charge in [-0.3, -0.25) is 0 Å². The topological polar surface area (TPSA) is 12.0 Å². The molecule has 0 atom stereocenters. The predicted molar refractivity (Wildman–Crippen MR) is 104 cm³/mol. The Morgan fingerprint density at radius 1 is 0.913 bits per heavy atom. The molecule has 0 amide bonds. The maximum atomic E-state index is 3.41. The molecule has 0 heterocycles. The molecule has 0 spiro atoms. The van der Waals surface area contributed by atoms with E-state index in [1.165, 1.54) is 20.7 Å². The zero-order valence-corrected chi connectivity index (χ0v) is 16.3. The van der Waals surface area contributed by atoms with Gasteiger partial charge in [0.15, 0.2) is 0 Å². The molecule has 0 unspecified atom stereocenters. The van der Waals surface area contributed by atoms with E-state index < -0.39 is 0 Å². The fourth-order valence-electron chi connectivity index (χ4n) is 1.90. The summed E-state index contributed by atoms with van der Waals surface area (Å²) >= 11 is 2.37. The third-order valence-corrected chi connectivity index (χ3v) is 3.77. The van der Waals surface area contributed by atoms with E-state index in [2.05, 4.69) is 90.9 Å². The molecular formula is C20H20FeIN+2. The minimum atomic E-state index is 0. The molecule has 0 bridgehead atoms. The molecule has 2 aliphatic rings. The third-order valence-electron chi connectivity index (χ3n) is 3.08. The van der Waals surface area contributed by atoms with Gasteiger partial charge in [-0.05, 0) is 99.4 Å². The monoisotopic (exact) mass is 457 g/mol. The maximum Gasteiger partial charge on any atom is 2.00 e. The van der Waals surface area contributed by atoms with Gasteiger partial charge < -0.3 is 5.32 Å². The van der Waals surface area contributed by atoms with Crippen LogP contribution in [0.4, 0.5) is 5.69 Å². The second-order valence-corrected chi connectivity index (χ2v) is 6.38. The van der Waals surface area contributed by atoms with E-state index in [4.69, 9.17) is 0 Å². The van der Waals surface area contributed by atoms with Gasteiger partial charge in [0.2, 0.25) is 0 Å². The van der Waals surface area contributed by atoms with Gasteiger partial charge in [0.25, 0.3) is 0 Å². The Labute approximate surface area is 166 Å². The molecule has 1 aromatic rings. The molecule has 118 valence electrons. The van der Waals surface area contributed by atoms with Crippen LogP contribution < -0.4 is 5.32 Å². The Balaban J connectivity index is 0.000000377. The van der Waals surface area contributed by atoms with Gasteiger partial charge >= 0.3 is 17.1 Å². The number of anilines is 1. The molecule has 0 aliphatic heterocycles. The second kappa shape index (κ2) is 12.4. The minimum absolute atomic E-state index is 0. The Morgan fingerprint density at radius 3 is 1.96 bits per heavy atom. The molecule has 2 aliphatic carbocycles. The fourth-order valence-corrected chi connectivity index (χ4v) is 2.45. The van der Waals surface area contributed by atoms with E-state index in [-0.39, 0.29) is 17.1 Å². The molecule has 2 saturated carbocycles. The second-order valence-electron chi connectivity index (χ2n) is 4.99. The van der Waals surface area contributed by atoms with Gasteiger partial charge in [0.1, 0.15) is 0 Å². The number of hydrogen-bond donors (Lipinski definition) is 1. The standard InChI is InChI=1S/C15H15IN.C5H5.Fe/c1-12-6-8-15(9-7-12)17-11-14(16)10-13-4-2-3-5-13;1-2-4-5-3-1;/h2-10,17H,11H2,1H3;1-5H;/q;;+2/b14-10-;;. The number of halogens is 1. The quantitative estimate of drug-likeness (QED) is 0.488. The largest absolute Gasteiger partial charge is 2.00 e. The number of allylic oxidation sites excluding steroid dienone is 1. The zero-order valence-electron chi connectivity index (χ0n) is 13.0. The SMILES string of the molecule is Cc1ccc(NC/C(I)=C/[C]2[CH][CH][CH][CH]2)cc1.[CH]1[CH][CH][CH][CH]1.[Fe+2]. The van der Waals surface area contributed by atoms with Crippen LogP contribution in [0.1, 0.15) is 5.56 Å². The summed E-state index contributed by atoms with van der Waals surface area (Å²) in [6.45, 7) is 2.97. The van der Waals surface area contributed by atoms with Crippen molar-refractivity contribution in [2.24, 2.45) is 0 Å². The molecule has 2 fully saturated rings. The van der Waals surface area contributed by atoms with Crippen LogP contribution in [0.15, 0.2) is 33.9 Å². The average molecular weight is 457 g/mol. The smallest absolute Gasteiger partial charge is 0.381 e. The van der Waals surface area contributed by atoms with E-state index in [0.29, 0.717) is 0 Å². The summed E-state index contributed by atoms with van der Waals surface area (Å²) in [6.07, 6.45) is 20.5. The van der Waals surface area contributed by atoms with E-state index in [1.807, 2.05) is 32.1 Å². The van der Waals surface area contributed by atoms with Crippen LogP contribution in [0, 0.1) is 70.6 Å². The zero-order chi connectivity index (χ0) is 15.6. The average Bonchev–Trinajstić information content (AvgIpc) is 3.23. The van der Waals surface area contributed by atoms with Crippen molar-refractivity contribution in [1.29, 1.82) is 0 Å². The van der Waals surface area contributed by atoms with Crippen molar-refractivity contribution < 1.29 is 17.1 Å². The number of aryl methyl sites for hydroxylation is 1. The van der Waals surface area contributed by atoms with E-state index in [9.17, 15) is 0 Å². The van der Waals surface area contributed by atoms with E-state index >= 15 is 0 Å². The van der Waals surface area contributed by atoms with Crippen molar-refractivity contribution in [1.82, 2.24) is 0 Å². The first kappa shape index (κ1) is 21.1. The van der Waals surface area contributed by atoms with Crippen LogP contribution in [0.2, 0.25) is 0 Å². The molecular weight excluding hydrogens is 437 g/mol. The molecule has 1 nitrogen and oxygen atoms in total.